The van der Waals surface area contributed by atoms with Crippen LogP contribution in [0.2, 0.25) is 10.0 Å². The van der Waals surface area contributed by atoms with Crippen molar-refractivity contribution in [1.29, 1.82) is 0 Å². The number of rotatable bonds is 8. The normalized spacial score (nSPS) is 10.3. The fourth-order valence-corrected chi connectivity index (χ4v) is 2.62. The molecule has 0 fully saturated rings. The van der Waals surface area contributed by atoms with Gasteiger partial charge in [0.05, 0.1) is 23.0 Å². The molecule has 0 aromatic heterocycles. The number of hydrogen-bond donors (Lipinski definition) is 2. The Morgan fingerprint density at radius 2 is 1.60 bits per heavy atom. The van der Waals surface area contributed by atoms with Gasteiger partial charge in [-0.3, -0.25) is 9.59 Å². The number of carbonyl (C=O) groups excluding carboxylic acids is 2. The van der Waals surface area contributed by atoms with Gasteiger partial charge in [-0.05, 0) is 36.1 Å². The lowest BCUT2D eigenvalue weighted by Gasteiger charge is -2.08. The molecule has 2 aromatic carbocycles. The molecule has 25 heavy (non-hydrogen) atoms. The molecule has 0 unspecified atom stereocenters. The van der Waals surface area contributed by atoms with Gasteiger partial charge in [-0.15, -0.1) is 0 Å². The molecule has 0 spiro atoms. The highest BCUT2D eigenvalue weighted by atomic mass is 35.5. The monoisotopic (exact) mass is 378 g/mol. The number of aryl methyl sites for hydroxylation is 1. The van der Waals surface area contributed by atoms with Crippen LogP contribution in [0.15, 0.2) is 48.5 Å². The number of nitrogens with one attached hydrogen (secondary N) is 2. The van der Waals surface area contributed by atoms with Gasteiger partial charge in [-0.2, -0.15) is 0 Å². The first-order valence-corrected chi connectivity index (χ1v) is 8.81. The summed E-state index contributed by atoms with van der Waals surface area (Å²) in [7, 11) is 0. The maximum Gasteiger partial charge on any atom is 0.239 e. The average Bonchev–Trinajstić information content (AvgIpc) is 2.61. The van der Waals surface area contributed by atoms with Crippen molar-refractivity contribution in [3.8, 4) is 0 Å². The van der Waals surface area contributed by atoms with Crippen LogP contribution in [-0.2, 0) is 22.4 Å². The molecule has 4 nitrogen and oxygen atoms in total. The van der Waals surface area contributed by atoms with E-state index in [1.165, 1.54) is 0 Å². The molecule has 0 saturated heterocycles. The van der Waals surface area contributed by atoms with E-state index in [2.05, 4.69) is 10.6 Å². The molecule has 2 aromatic rings. The van der Waals surface area contributed by atoms with Crippen LogP contribution >= 0.6 is 23.2 Å². The van der Waals surface area contributed by atoms with Crippen LogP contribution in [0.1, 0.15) is 17.5 Å². The lowest BCUT2D eigenvalue weighted by atomic mass is 10.1. The zero-order valence-electron chi connectivity index (χ0n) is 13.7. The van der Waals surface area contributed by atoms with Crippen molar-refractivity contribution < 1.29 is 9.59 Å². The number of hydrogen-bond acceptors (Lipinski definition) is 2. The molecular weight excluding hydrogens is 359 g/mol. The van der Waals surface area contributed by atoms with E-state index in [0.29, 0.717) is 16.6 Å². The fourth-order valence-electron chi connectivity index (χ4n) is 2.30. The summed E-state index contributed by atoms with van der Waals surface area (Å²) in [6.07, 6.45) is 1.84. The Balaban J connectivity index is 1.60. The van der Waals surface area contributed by atoms with E-state index >= 15 is 0 Å². The molecule has 2 N–H and O–H groups in total. The highest BCUT2D eigenvalue weighted by Gasteiger charge is 2.06. The van der Waals surface area contributed by atoms with E-state index < -0.39 is 0 Å². The summed E-state index contributed by atoms with van der Waals surface area (Å²) in [5.74, 6) is -0.368. The Labute approximate surface area is 157 Å². The van der Waals surface area contributed by atoms with Crippen molar-refractivity contribution in [2.75, 3.05) is 13.1 Å². The van der Waals surface area contributed by atoms with Crippen molar-refractivity contribution in [3.05, 3.63) is 69.7 Å². The molecule has 0 saturated carbocycles. The summed E-state index contributed by atoms with van der Waals surface area (Å²) in [5.41, 5.74) is 1.99. The Morgan fingerprint density at radius 1 is 0.840 bits per heavy atom. The Kier molecular flexibility index (Phi) is 7.76. The number of amides is 2. The van der Waals surface area contributed by atoms with Crippen LogP contribution in [0, 0.1) is 0 Å². The van der Waals surface area contributed by atoms with Gasteiger partial charge in [0.2, 0.25) is 11.8 Å². The molecule has 0 heterocycles. The molecular formula is C19H20Cl2N2O2. The fraction of sp³-hybridized carbons (Fsp3) is 0.263. The molecule has 2 amide bonds. The molecule has 0 aliphatic rings. The smallest absolute Gasteiger partial charge is 0.239 e. The van der Waals surface area contributed by atoms with Gasteiger partial charge in [0.25, 0.3) is 0 Å². The summed E-state index contributed by atoms with van der Waals surface area (Å²) in [5, 5.41) is 6.47. The average molecular weight is 379 g/mol. The summed E-state index contributed by atoms with van der Waals surface area (Å²) in [6.45, 7) is 0.520. The largest absolute Gasteiger partial charge is 0.355 e. The molecule has 6 heteroatoms. The predicted molar refractivity (Wildman–Crippen MR) is 101 cm³/mol. The van der Waals surface area contributed by atoms with E-state index in [1.54, 1.807) is 6.07 Å². The quantitative estimate of drug-likeness (QED) is 0.691. The van der Waals surface area contributed by atoms with E-state index in [1.807, 2.05) is 42.5 Å². The highest BCUT2D eigenvalue weighted by molar-refractivity contribution is 6.42. The van der Waals surface area contributed by atoms with Gasteiger partial charge < -0.3 is 10.6 Å². The van der Waals surface area contributed by atoms with Crippen molar-refractivity contribution in [3.63, 3.8) is 0 Å². The molecule has 0 radical (unpaired) electrons. The lowest BCUT2D eigenvalue weighted by Crippen LogP contribution is -2.38. The van der Waals surface area contributed by atoms with Gasteiger partial charge in [0, 0.05) is 6.54 Å². The maximum atomic E-state index is 11.8. The van der Waals surface area contributed by atoms with E-state index in [-0.39, 0.29) is 24.8 Å². The second kappa shape index (κ2) is 10.1. The third-order valence-corrected chi connectivity index (χ3v) is 4.34. The Hall–Kier alpha value is -2.04. The van der Waals surface area contributed by atoms with E-state index in [0.717, 1.165) is 24.0 Å². The van der Waals surface area contributed by atoms with Crippen molar-refractivity contribution in [1.82, 2.24) is 10.6 Å². The summed E-state index contributed by atoms with van der Waals surface area (Å²) in [4.78, 5) is 23.5. The van der Waals surface area contributed by atoms with Crippen LogP contribution in [0.5, 0.6) is 0 Å². The zero-order valence-corrected chi connectivity index (χ0v) is 15.2. The first kappa shape index (κ1) is 19.3. The Morgan fingerprint density at radius 3 is 2.32 bits per heavy atom. The summed E-state index contributed by atoms with van der Waals surface area (Å²) < 4.78 is 0. The minimum atomic E-state index is -0.199. The molecule has 132 valence electrons. The van der Waals surface area contributed by atoms with Gasteiger partial charge in [-0.25, -0.2) is 0 Å². The Bertz CT molecular complexity index is 721. The third-order valence-electron chi connectivity index (χ3n) is 3.60. The van der Waals surface area contributed by atoms with Crippen LogP contribution in [-0.4, -0.2) is 24.9 Å². The minimum absolute atomic E-state index is 0.0154. The molecule has 0 atom stereocenters. The topological polar surface area (TPSA) is 58.2 Å². The van der Waals surface area contributed by atoms with E-state index in [4.69, 9.17) is 23.2 Å². The summed E-state index contributed by atoms with van der Waals surface area (Å²) >= 11 is 11.8. The predicted octanol–water partition coefficient (Wildman–Crippen LogP) is 3.40. The van der Waals surface area contributed by atoms with Gasteiger partial charge in [-0.1, -0.05) is 59.6 Å². The second-order valence-electron chi connectivity index (χ2n) is 5.64. The molecule has 2 rings (SSSR count). The van der Waals surface area contributed by atoms with Crippen molar-refractivity contribution >= 4 is 35.0 Å². The molecule has 0 aliphatic carbocycles. The molecule has 0 aliphatic heterocycles. The number of carbonyl (C=O) groups is 2. The zero-order chi connectivity index (χ0) is 18.1. The SMILES string of the molecule is O=C(CNC(=O)Cc1ccccc1)NCCCc1ccc(Cl)c(Cl)c1. The number of halogens is 2. The van der Waals surface area contributed by atoms with Crippen LogP contribution in [0.25, 0.3) is 0 Å². The minimum Gasteiger partial charge on any atom is -0.355 e. The van der Waals surface area contributed by atoms with E-state index in [9.17, 15) is 9.59 Å². The van der Waals surface area contributed by atoms with Crippen molar-refractivity contribution in [2.24, 2.45) is 0 Å². The highest BCUT2D eigenvalue weighted by Crippen LogP contribution is 2.22. The van der Waals surface area contributed by atoms with Gasteiger partial charge in [0.15, 0.2) is 0 Å². The summed E-state index contributed by atoms with van der Waals surface area (Å²) in [6, 6.07) is 14.9. The third kappa shape index (κ3) is 7.16. The van der Waals surface area contributed by atoms with Gasteiger partial charge in [0.1, 0.15) is 0 Å². The maximum absolute atomic E-state index is 11.8. The van der Waals surface area contributed by atoms with Crippen molar-refractivity contribution in [2.45, 2.75) is 19.3 Å². The number of benzene rings is 2. The first-order valence-electron chi connectivity index (χ1n) is 8.06. The standard InChI is InChI=1S/C19H20Cl2N2O2/c20-16-9-8-15(11-17(16)21)7-4-10-22-19(25)13-23-18(24)12-14-5-2-1-3-6-14/h1-3,5-6,8-9,11H,4,7,10,12-13H2,(H,22,25)(H,23,24). The first-order chi connectivity index (χ1) is 12.0. The lowest BCUT2D eigenvalue weighted by molar-refractivity contribution is -0.125. The van der Waals surface area contributed by atoms with Crippen LogP contribution in [0.3, 0.4) is 0 Å². The van der Waals surface area contributed by atoms with Crippen LogP contribution in [0.4, 0.5) is 0 Å². The van der Waals surface area contributed by atoms with Gasteiger partial charge >= 0.3 is 0 Å². The second-order valence-corrected chi connectivity index (χ2v) is 6.46. The molecule has 0 bridgehead atoms. The van der Waals surface area contributed by atoms with Crippen LogP contribution < -0.4 is 10.6 Å².